The summed E-state index contributed by atoms with van der Waals surface area (Å²) in [6.45, 7) is 0. The van der Waals surface area contributed by atoms with E-state index in [4.69, 9.17) is 4.99 Å². The number of nitrogens with zero attached hydrogens (tertiary/aromatic N) is 2. The van der Waals surface area contributed by atoms with Crippen LogP contribution in [0.4, 0.5) is 17.1 Å². The van der Waals surface area contributed by atoms with Gasteiger partial charge >= 0.3 is 0 Å². The van der Waals surface area contributed by atoms with E-state index in [9.17, 15) is 5.41 Å². The van der Waals surface area contributed by atoms with Crippen molar-refractivity contribution in [2.75, 3.05) is 4.90 Å². The van der Waals surface area contributed by atoms with Gasteiger partial charge in [0, 0.05) is 23.0 Å². The molecule has 0 radical (unpaired) electrons. The summed E-state index contributed by atoms with van der Waals surface area (Å²) in [5.74, 6) is 0.201. The predicted molar refractivity (Wildman–Crippen MR) is 216 cm³/mol. The van der Waals surface area contributed by atoms with Crippen molar-refractivity contribution in [3.63, 3.8) is 0 Å². The maximum atomic E-state index is 9.39. The van der Waals surface area contributed by atoms with Crippen LogP contribution in [0.1, 0.15) is 27.8 Å². The first-order valence-corrected chi connectivity index (χ1v) is 18.0. The number of nitrogens with one attached hydrogen (secondary N) is 2. The minimum atomic E-state index is -0.538. The minimum Gasteiger partial charge on any atom is -0.345 e. The van der Waals surface area contributed by atoms with Gasteiger partial charge < -0.3 is 9.88 Å². The van der Waals surface area contributed by atoms with Crippen molar-refractivity contribution >= 4 is 22.9 Å². The summed E-state index contributed by atoms with van der Waals surface area (Å²) in [4.78, 5) is 10.8. The van der Waals surface area contributed by atoms with Gasteiger partial charge in [0.15, 0.2) is 5.84 Å². The van der Waals surface area contributed by atoms with Crippen molar-refractivity contribution in [1.29, 1.82) is 5.41 Å². The molecule has 1 spiro atoms. The number of aromatic amines is 1. The van der Waals surface area contributed by atoms with Gasteiger partial charge in [0.05, 0.1) is 16.8 Å². The molecule has 2 aliphatic rings. The van der Waals surface area contributed by atoms with Crippen LogP contribution in [0.5, 0.6) is 0 Å². The molecule has 0 saturated heterocycles. The topological polar surface area (TPSA) is 55.2 Å². The molecule has 2 heterocycles. The van der Waals surface area contributed by atoms with E-state index in [2.05, 4.69) is 162 Å². The zero-order chi connectivity index (χ0) is 35.4. The van der Waals surface area contributed by atoms with Gasteiger partial charge in [-0.25, -0.2) is 4.99 Å². The molecule has 4 heteroatoms. The molecule has 2 N–H and O–H groups in total. The molecule has 4 nitrogen and oxygen atoms in total. The Morgan fingerprint density at radius 1 is 0.472 bits per heavy atom. The number of aromatic nitrogens is 1. The standard InChI is InChI=1S/C49H34N4/c50-47(52-48-39(34-18-6-2-7-19-34)31-36(32-51-48)33-16-4-1-5-17-33)35-28-29-42-40(30-35)38-22-10-11-23-41(38)49(42)43-24-12-14-26-45(43)53(37-20-8-3-9-21-37)46-27-15-13-25-44(46)49/h1-32H,(H2,50,51,52). The molecule has 10 rings (SSSR count). The quantitative estimate of drug-likeness (QED) is 0.141. The number of pyridine rings is 1. The van der Waals surface area contributed by atoms with Gasteiger partial charge in [-0.15, -0.1) is 0 Å². The third-order valence-electron chi connectivity index (χ3n) is 10.8. The first-order valence-electron chi connectivity index (χ1n) is 18.0. The van der Waals surface area contributed by atoms with Gasteiger partial charge in [0.25, 0.3) is 0 Å². The highest BCUT2D eigenvalue weighted by Gasteiger charge is 2.51. The van der Waals surface area contributed by atoms with Crippen molar-refractivity contribution in [1.82, 2.24) is 4.98 Å². The lowest BCUT2D eigenvalue weighted by Gasteiger charge is -2.45. The summed E-state index contributed by atoms with van der Waals surface area (Å²) in [5.41, 5.74) is 15.7. The van der Waals surface area contributed by atoms with Gasteiger partial charge in [-0.2, -0.15) is 0 Å². The number of para-hydroxylation sites is 3. The lowest BCUT2D eigenvalue weighted by molar-refractivity contribution is 0.752. The Hall–Kier alpha value is -7.04. The first kappa shape index (κ1) is 30.8. The number of hydrogen-bond donors (Lipinski definition) is 2. The molecule has 8 aromatic rings. The van der Waals surface area contributed by atoms with E-state index in [0.717, 1.165) is 50.4 Å². The van der Waals surface area contributed by atoms with Crippen molar-refractivity contribution in [3.05, 3.63) is 228 Å². The smallest absolute Gasteiger partial charge is 0.154 e. The third-order valence-corrected chi connectivity index (χ3v) is 10.8. The fourth-order valence-corrected chi connectivity index (χ4v) is 8.51. The summed E-state index contributed by atoms with van der Waals surface area (Å²) in [6.07, 6.45) is 1.98. The van der Waals surface area contributed by atoms with E-state index in [-0.39, 0.29) is 5.84 Å². The lowest BCUT2D eigenvalue weighted by atomic mass is 9.64. The Labute approximate surface area is 308 Å². The fraction of sp³-hybridized carbons (Fsp3) is 0.0204. The van der Waals surface area contributed by atoms with E-state index < -0.39 is 5.41 Å². The molecule has 53 heavy (non-hydrogen) atoms. The Morgan fingerprint density at radius 2 is 1.02 bits per heavy atom. The van der Waals surface area contributed by atoms with E-state index in [1.807, 2.05) is 42.6 Å². The molecule has 0 atom stereocenters. The largest absolute Gasteiger partial charge is 0.345 e. The van der Waals surface area contributed by atoms with Crippen LogP contribution in [0.2, 0.25) is 0 Å². The zero-order valence-electron chi connectivity index (χ0n) is 28.9. The average Bonchev–Trinajstić information content (AvgIpc) is 3.52. The molecule has 1 aliphatic heterocycles. The number of hydrogen-bond acceptors (Lipinski definition) is 2. The van der Waals surface area contributed by atoms with Crippen molar-refractivity contribution in [2.45, 2.75) is 5.41 Å². The van der Waals surface area contributed by atoms with Gasteiger partial charge in [-0.1, -0.05) is 152 Å². The number of amidine groups is 1. The Bertz CT molecular complexity index is 2700. The molecular formula is C49H34N4. The number of anilines is 3. The summed E-state index contributed by atoms with van der Waals surface area (Å²) < 4.78 is 0. The number of benzene rings is 7. The Balaban J connectivity index is 1.15. The fourth-order valence-electron chi connectivity index (χ4n) is 8.51. The molecule has 0 amide bonds. The Kier molecular flexibility index (Phi) is 7.15. The molecule has 1 aromatic heterocycles. The molecule has 250 valence electrons. The van der Waals surface area contributed by atoms with Crippen LogP contribution in [0.25, 0.3) is 33.4 Å². The first-order chi connectivity index (χ1) is 26.2. The summed E-state index contributed by atoms with van der Waals surface area (Å²) in [5, 5.41) is 9.39. The number of H-pyrrole nitrogens is 1. The minimum absolute atomic E-state index is 0.201. The molecule has 0 bridgehead atoms. The summed E-state index contributed by atoms with van der Waals surface area (Å²) in [6, 6.07) is 66.3. The van der Waals surface area contributed by atoms with Gasteiger partial charge in [0.1, 0.15) is 5.49 Å². The normalized spacial score (nSPS) is 13.6. The van der Waals surface area contributed by atoms with Crippen LogP contribution < -0.4 is 10.4 Å². The lowest BCUT2D eigenvalue weighted by Crippen LogP contribution is -2.36. The number of fused-ring (bicyclic) bond motifs is 9. The van der Waals surface area contributed by atoms with Crippen molar-refractivity contribution < 1.29 is 0 Å². The highest BCUT2D eigenvalue weighted by Crippen LogP contribution is 2.63. The van der Waals surface area contributed by atoms with Crippen LogP contribution in [-0.4, -0.2) is 10.8 Å². The van der Waals surface area contributed by atoms with E-state index in [1.54, 1.807) is 0 Å². The van der Waals surface area contributed by atoms with Gasteiger partial charge in [-0.3, -0.25) is 5.41 Å². The molecule has 1 aliphatic carbocycles. The highest BCUT2D eigenvalue weighted by molar-refractivity contribution is 6.01. The monoisotopic (exact) mass is 678 g/mol. The van der Waals surface area contributed by atoms with E-state index >= 15 is 0 Å². The zero-order valence-corrected chi connectivity index (χ0v) is 28.9. The maximum absolute atomic E-state index is 9.39. The van der Waals surface area contributed by atoms with Gasteiger partial charge in [-0.05, 0) is 86.5 Å². The molecule has 0 saturated carbocycles. The summed E-state index contributed by atoms with van der Waals surface area (Å²) in [7, 11) is 0. The highest BCUT2D eigenvalue weighted by atomic mass is 15.2. The Morgan fingerprint density at radius 3 is 1.70 bits per heavy atom. The third kappa shape index (κ3) is 4.77. The maximum Gasteiger partial charge on any atom is 0.154 e. The van der Waals surface area contributed by atoms with Crippen LogP contribution in [0, 0.1) is 5.41 Å². The van der Waals surface area contributed by atoms with E-state index in [1.165, 1.54) is 27.8 Å². The van der Waals surface area contributed by atoms with Crippen LogP contribution in [-0.2, 0) is 5.41 Å². The number of rotatable bonds is 4. The van der Waals surface area contributed by atoms with Gasteiger partial charge in [0.2, 0.25) is 0 Å². The SMILES string of the molecule is N=C(/N=c1\[nH]cc(-c2ccccc2)cc1-c1ccccc1)c1ccc2c(c1)-c1ccccc1C21c2ccccc2N(c2ccccc2)c2ccccc21. The second kappa shape index (κ2) is 12.3. The molecular weight excluding hydrogens is 645 g/mol. The van der Waals surface area contributed by atoms with Crippen LogP contribution >= 0.6 is 0 Å². The van der Waals surface area contributed by atoms with E-state index in [0.29, 0.717) is 5.49 Å². The molecule has 0 unspecified atom stereocenters. The second-order valence-corrected chi connectivity index (χ2v) is 13.6. The van der Waals surface area contributed by atoms with Crippen LogP contribution in [0.3, 0.4) is 0 Å². The summed E-state index contributed by atoms with van der Waals surface area (Å²) >= 11 is 0. The molecule has 0 fully saturated rings. The van der Waals surface area contributed by atoms with Crippen molar-refractivity contribution in [3.8, 4) is 33.4 Å². The predicted octanol–water partition coefficient (Wildman–Crippen LogP) is 11.4. The van der Waals surface area contributed by atoms with Crippen LogP contribution in [0.15, 0.2) is 199 Å². The molecule has 7 aromatic carbocycles. The average molecular weight is 679 g/mol. The second-order valence-electron chi connectivity index (χ2n) is 13.6. The van der Waals surface area contributed by atoms with Crippen molar-refractivity contribution in [2.24, 2.45) is 4.99 Å².